The molecule has 1 amide bonds. The Balaban J connectivity index is 2.12. The molecular formula is C18H18BrClN2O4. The van der Waals surface area contributed by atoms with E-state index in [4.69, 9.17) is 16.3 Å². The summed E-state index contributed by atoms with van der Waals surface area (Å²) in [6.07, 6.45) is -0.737. The first-order valence-electron chi connectivity index (χ1n) is 7.83. The van der Waals surface area contributed by atoms with Gasteiger partial charge in [-0.25, -0.2) is 0 Å². The van der Waals surface area contributed by atoms with Gasteiger partial charge in [-0.2, -0.15) is 0 Å². The number of likely N-dealkylation sites (N-methyl/N-ethyl adjacent to an activating group) is 1. The highest BCUT2D eigenvalue weighted by atomic mass is 79.9. The summed E-state index contributed by atoms with van der Waals surface area (Å²) in [5.41, 5.74) is 0.666. The van der Waals surface area contributed by atoms with Crippen molar-refractivity contribution < 1.29 is 14.5 Å². The molecule has 0 unspecified atom stereocenters. The Morgan fingerprint density at radius 1 is 1.27 bits per heavy atom. The smallest absolute Gasteiger partial charge is 0.269 e. The SMILES string of the molecule is C[C@@H](Oc1ccc(Cl)cc1Br)C(=O)N(C)[C@@H](C)c1cccc([N+](=O)[O-])c1. The lowest BCUT2D eigenvalue weighted by atomic mass is 10.1. The van der Waals surface area contributed by atoms with Gasteiger partial charge in [0.2, 0.25) is 0 Å². The summed E-state index contributed by atoms with van der Waals surface area (Å²) < 4.78 is 6.38. The quantitative estimate of drug-likeness (QED) is 0.467. The van der Waals surface area contributed by atoms with Gasteiger partial charge in [0.05, 0.1) is 15.4 Å². The average Bonchev–Trinajstić information content (AvgIpc) is 2.62. The van der Waals surface area contributed by atoms with Crippen LogP contribution in [0.2, 0.25) is 5.02 Å². The molecule has 0 heterocycles. The van der Waals surface area contributed by atoms with Crippen LogP contribution >= 0.6 is 27.5 Å². The highest BCUT2D eigenvalue weighted by molar-refractivity contribution is 9.10. The minimum atomic E-state index is -0.737. The molecule has 0 aliphatic carbocycles. The second-order valence-electron chi connectivity index (χ2n) is 5.81. The summed E-state index contributed by atoms with van der Waals surface area (Å²) in [6, 6.07) is 10.9. The zero-order valence-corrected chi connectivity index (χ0v) is 16.8. The molecule has 2 aromatic carbocycles. The van der Waals surface area contributed by atoms with Crippen LogP contribution in [0.4, 0.5) is 5.69 Å². The first-order chi connectivity index (χ1) is 12.2. The van der Waals surface area contributed by atoms with Crippen LogP contribution in [0.15, 0.2) is 46.9 Å². The van der Waals surface area contributed by atoms with Crippen molar-refractivity contribution in [3.05, 3.63) is 67.6 Å². The number of benzene rings is 2. The summed E-state index contributed by atoms with van der Waals surface area (Å²) in [4.78, 5) is 24.7. The van der Waals surface area contributed by atoms with Gasteiger partial charge in [-0.3, -0.25) is 14.9 Å². The molecule has 0 fully saturated rings. The van der Waals surface area contributed by atoms with Gasteiger partial charge >= 0.3 is 0 Å². The lowest BCUT2D eigenvalue weighted by Gasteiger charge is -2.28. The van der Waals surface area contributed by atoms with Crippen LogP contribution in [0.5, 0.6) is 5.75 Å². The van der Waals surface area contributed by atoms with Crippen molar-refractivity contribution in [2.45, 2.75) is 26.0 Å². The van der Waals surface area contributed by atoms with Gasteiger partial charge in [0.25, 0.3) is 11.6 Å². The first-order valence-corrected chi connectivity index (χ1v) is 9.00. The number of halogens is 2. The summed E-state index contributed by atoms with van der Waals surface area (Å²) >= 11 is 9.25. The normalized spacial score (nSPS) is 13.0. The van der Waals surface area contributed by atoms with E-state index in [0.29, 0.717) is 20.8 Å². The molecule has 2 aromatic rings. The summed E-state index contributed by atoms with van der Waals surface area (Å²) in [7, 11) is 1.64. The predicted octanol–water partition coefficient (Wildman–Crippen LogP) is 5.00. The van der Waals surface area contributed by atoms with E-state index in [2.05, 4.69) is 15.9 Å². The minimum Gasteiger partial charge on any atom is -0.480 e. The zero-order valence-electron chi connectivity index (χ0n) is 14.5. The number of nitro benzene ring substituents is 1. The Labute approximate surface area is 165 Å². The summed E-state index contributed by atoms with van der Waals surface area (Å²) in [6.45, 7) is 3.46. The number of rotatable bonds is 6. The zero-order chi connectivity index (χ0) is 19.4. The molecule has 2 rings (SSSR count). The molecule has 0 N–H and O–H groups in total. The van der Waals surface area contributed by atoms with Gasteiger partial charge in [0.1, 0.15) is 5.75 Å². The van der Waals surface area contributed by atoms with E-state index in [9.17, 15) is 14.9 Å². The number of non-ortho nitro benzene ring substituents is 1. The third-order valence-electron chi connectivity index (χ3n) is 4.04. The van der Waals surface area contributed by atoms with Gasteiger partial charge in [0.15, 0.2) is 6.10 Å². The van der Waals surface area contributed by atoms with Gasteiger partial charge in [-0.15, -0.1) is 0 Å². The van der Waals surface area contributed by atoms with Crippen molar-refractivity contribution in [1.82, 2.24) is 4.90 Å². The van der Waals surface area contributed by atoms with Crippen molar-refractivity contribution in [3.63, 3.8) is 0 Å². The minimum absolute atomic E-state index is 0.00964. The van der Waals surface area contributed by atoms with Crippen molar-refractivity contribution in [2.75, 3.05) is 7.05 Å². The number of ether oxygens (including phenoxy) is 1. The van der Waals surface area contributed by atoms with Crippen LogP contribution < -0.4 is 4.74 Å². The van der Waals surface area contributed by atoms with E-state index in [-0.39, 0.29) is 17.6 Å². The third kappa shape index (κ3) is 4.74. The summed E-state index contributed by atoms with van der Waals surface area (Å²) in [5.74, 6) is 0.262. The molecule has 0 saturated heterocycles. The van der Waals surface area contributed by atoms with E-state index in [1.807, 2.05) is 6.92 Å². The average molecular weight is 442 g/mol. The molecule has 0 aromatic heterocycles. The molecule has 0 spiro atoms. The standard InChI is InChI=1S/C18H18BrClN2O4/c1-11(13-5-4-6-15(9-13)22(24)25)21(3)18(23)12(2)26-17-8-7-14(20)10-16(17)19/h4-12H,1-3H3/t11-,12+/m0/s1. The number of nitro groups is 1. The van der Waals surface area contributed by atoms with E-state index in [0.717, 1.165) is 0 Å². The Kier molecular flexibility index (Phi) is 6.61. The molecule has 0 aliphatic heterocycles. The van der Waals surface area contributed by atoms with E-state index >= 15 is 0 Å². The van der Waals surface area contributed by atoms with E-state index < -0.39 is 11.0 Å². The monoisotopic (exact) mass is 440 g/mol. The van der Waals surface area contributed by atoms with Crippen LogP contribution in [0, 0.1) is 10.1 Å². The predicted molar refractivity (Wildman–Crippen MR) is 104 cm³/mol. The topological polar surface area (TPSA) is 72.7 Å². The molecular weight excluding hydrogens is 424 g/mol. The number of amides is 1. The van der Waals surface area contributed by atoms with Crippen molar-refractivity contribution in [2.24, 2.45) is 0 Å². The fourth-order valence-electron chi connectivity index (χ4n) is 2.41. The first kappa shape index (κ1) is 20.2. The van der Waals surface area contributed by atoms with Crippen molar-refractivity contribution in [1.29, 1.82) is 0 Å². The number of carbonyl (C=O) groups excluding carboxylic acids is 1. The molecule has 26 heavy (non-hydrogen) atoms. The number of hydrogen-bond donors (Lipinski definition) is 0. The van der Waals surface area contributed by atoms with E-state index in [1.165, 1.54) is 17.0 Å². The van der Waals surface area contributed by atoms with Crippen LogP contribution in [-0.4, -0.2) is 28.9 Å². The maximum atomic E-state index is 12.7. The molecule has 6 nitrogen and oxygen atoms in total. The Hall–Kier alpha value is -2.12. The maximum Gasteiger partial charge on any atom is 0.269 e. The number of carbonyl (C=O) groups is 1. The van der Waals surface area contributed by atoms with Gasteiger partial charge in [0, 0.05) is 24.2 Å². The molecule has 138 valence electrons. The highest BCUT2D eigenvalue weighted by Gasteiger charge is 2.25. The second-order valence-corrected chi connectivity index (χ2v) is 7.10. The van der Waals surface area contributed by atoms with Gasteiger partial charge < -0.3 is 9.64 Å². The maximum absolute atomic E-state index is 12.7. The van der Waals surface area contributed by atoms with E-state index in [1.54, 1.807) is 44.3 Å². The second kappa shape index (κ2) is 8.51. The van der Waals surface area contributed by atoms with Crippen molar-refractivity contribution in [3.8, 4) is 5.75 Å². The van der Waals surface area contributed by atoms with Crippen LogP contribution in [-0.2, 0) is 4.79 Å². The van der Waals surface area contributed by atoms with Crippen molar-refractivity contribution >= 4 is 39.1 Å². The Morgan fingerprint density at radius 2 is 1.96 bits per heavy atom. The Bertz CT molecular complexity index is 831. The molecule has 0 aliphatic rings. The van der Waals surface area contributed by atoms with Gasteiger partial charge in [-0.1, -0.05) is 23.7 Å². The fourth-order valence-corrected chi connectivity index (χ4v) is 3.19. The number of nitrogens with zero attached hydrogens (tertiary/aromatic N) is 2. The molecule has 0 radical (unpaired) electrons. The largest absolute Gasteiger partial charge is 0.480 e. The molecule has 8 heteroatoms. The molecule has 0 saturated carbocycles. The fraction of sp³-hybridized carbons (Fsp3) is 0.278. The third-order valence-corrected chi connectivity index (χ3v) is 4.89. The van der Waals surface area contributed by atoms with Crippen LogP contribution in [0.3, 0.4) is 0 Å². The molecule has 0 bridgehead atoms. The lowest BCUT2D eigenvalue weighted by molar-refractivity contribution is -0.384. The summed E-state index contributed by atoms with van der Waals surface area (Å²) in [5, 5.41) is 11.5. The molecule has 2 atom stereocenters. The highest BCUT2D eigenvalue weighted by Crippen LogP contribution is 2.29. The Morgan fingerprint density at radius 3 is 2.58 bits per heavy atom. The van der Waals surface area contributed by atoms with Gasteiger partial charge in [-0.05, 0) is 53.5 Å². The number of hydrogen-bond acceptors (Lipinski definition) is 4. The van der Waals surface area contributed by atoms with Crippen LogP contribution in [0.1, 0.15) is 25.5 Å². The lowest BCUT2D eigenvalue weighted by Crippen LogP contribution is -2.39. The van der Waals surface area contributed by atoms with Crippen LogP contribution in [0.25, 0.3) is 0 Å².